The Morgan fingerprint density at radius 3 is 2.90 bits per heavy atom. The molecule has 2 rings (SSSR count). The molecule has 0 saturated heterocycles. The Hall–Kier alpha value is -1.95. The zero-order valence-electron chi connectivity index (χ0n) is 12.2. The summed E-state index contributed by atoms with van der Waals surface area (Å²) in [6.07, 6.45) is 1.00. The first kappa shape index (κ1) is 14.5. The second-order valence-corrected chi connectivity index (χ2v) is 5.00. The second kappa shape index (κ2) is 6.47. The van der Waals surface area contributed by atoms with E-state index in [1.165, 1.54) is 0 Å². The predicted octanol–water partition coefficient (Wildman–Crippen LogP) is 1.98. The number of phenols is 1. The molecule has 0 fully saturated rings. The number of benzene rings is 1. The summed E-state index contributed by atoms with van der Waals surface area (Å²) in [5.74, 6) is 1.15. The summed E-state index contributed by atoms with van der Waals surface area (Å²) < 4.78 is 1.84. The van der Waals surface area contributed by atoms with Gasteiger partial charge in [-0.15, -0.1) is 5.10 Å². The minimum Gasteiger partial charge on any atom is -0.508 e. The highest BCUT2D eigenvalue weighted by Gasteiger charge is 2.15. The van der Waals surface area contributed by atoms with Crippen molar-refractivity contribution < 1.29 is 5.11 Å². The molecular formula is C14H21N5O. The summed E-state index contributed by atoms with van der Waals surface area (Å²) in [4.78, 5) is 2.16. The zero-order valence-corrected chi connectivity index (χ0v) is 12.2. The van der Waals surface area contributed by atoms with Crippen LogP contribution in [-0.4, -0.2) is 37.3 Å². The van der Waals surface area contributed by atoms with Crippen molar-refractivity contribution in [3.63, 3.8) is 0 Å². The molecule has 0 bridgehead atoms. The standard InChI is InChI=1S/C14H21N5O/c1-4-8-19-14(15-16-17-19)10-18(3)11(2)12-6-5-7-13(20)9-12/h5-7,9,11,20H,4,8,10H2,1-3H3. The molecule has 0 saturated carbocycles. The largest absolute Gasteiger partial charge is 0.508 e. The highest BCUT2D eigenvalue weighted by molar-refractivity contribution is 5.29. The van der Waals surface area contributed by atoms with Gasteiger partial charge >= 0.3 is 0 Å². The van der Waals surface area contributed by atoms with Crippen LogP contribution in [0.25, 0.3) is 0 Å². The molecule has 2 aromatic rings. The topological polar surface area (TPSA) is 67.1 Å². The van der Waals surface area contributed by atoms with E-state index in [1.807, 2.05) is 23.9 Å². The van der Waals surface area contributed by atoms with Crippen molar-refractivity contribution in [3.8, 4) is 5.75 Å². The first-order valence-corrected chi connectivity index (χ1v) is 6.86. The third kappa shape index (κ3) is 3.33. The minimum absolute atomic E-state index is 0.175. The molecule has 1 unspecified atom stereocenters. The Morgan fingerprint density at radius 1 is 1.40 bits per heavy atom. The van der Waals surface area contributed by atoms with E-state index in [1.54, 1.807) is 12.1 Å². The van der Waals surface area contributed by atoms with Crippen LogP contribution in [0.1, 0.15) is 37.7 Å². The Morgan fingerprint density at radius 2 is 2.20 bits per heavy atom. The molecule has 1 aromatic carbocycles. The van der Waals surface area contributed by atoms with Crippen LogP contribution in [0.4, 0.5) is 0 Å². The fraction of sp³-hybridized carbons (Fsp3) is 0.500. The lowest BCUT2D eigenvalue weighted by molar-refractivity contribution is 0.241. The molecule has 1 N–H and O–H groups in total. The van der Waals surface area contributed by atoms with Gasteiger partial charge < -0.3 is 5.11 Å². The minimum atomic E-state index is 0.175. The third-order valence-corrected chi connectivity index (χ3v) is 3.45. The van der Waals surface area contributed by atoms with Crippen molar-refractivity contribution >= 4 is 0 Å². The van der Waals surface area contributed by atoms with E-state index >= 15 is 0 Å². The van der Waals surface area contributed by atoms with Crippen molar-refractivity contribution in [2.45, 2.75) is 39.4 Å². The van der Waals surface area contributed by atoms with E-state index in [0.29, 0.717) is 12.3 Å². The molecule has 6 heteroatoms. The molecule has 0 spiro atoms. The first-order valence-electron chi connectivity index (χ1n) is 6.86. The van der Waals surface area contributed by atoms with Gasteiger partial charge in [-0.25, -0.2) is 4.68 Å². The van der Waals surface area contributed by atoms with Crippen LogP contribution < -0.4 is 0 Å². The molecule has 0 aliphatic rings. The van der Waals surface area contributed by atoms with Crippen molar-refractivity contribution in [1.29, 1.82) is 0 Å². The molecule has 1 atom stereocenters. The van der Waals surface area contributed by atoms with E-state index in [9.17, 15) is 5.11 Å². The Labute approximate surface area is 119 Å². The molecule has 6 nitrogen and oxygen atoms in total. The van der Waals surface area contributed by atoms with Crippen LogP contribution in [-0.2, 0) is 13.1 Å². The zero-order chi connectivity index (χ0) is 14.5. The number of nitrogens with zero attached hydrogens (tertiary/aromatic N) is 5. The average Bonchev–Trinajstić information content (AvgIpc) is 2.85. The van der Waals surface area contributed by atoms with Crippen LogP contribution in [0.2, 0.25) is 0 Å². The van der Waals surface area contributed by atoms with Crippen LogP contribution in [0.5, 0.6) is 5.75 Å². The highest BCUT2D eigenvalue weighted by Crippen LogP contribution is 2.23. The molecule has 0 amide bonds. The van der Waals surface area contributed by atoms with Gasteiger partial charge in [-0.2, -0.15) is 0 Å². The van der Waals surface area contributed by atoms with Crippen LogP contribution >= 0.6 is 0 Å². The molecular weight excluding hydrogens is 254 g/mol. The number of hydrogen-bond donors (Lipinski definition) is 1. The lowest BCUT2D eigenvalue weighted by atomic mass is 10.1. The normalized spacial score (nSPS) is 12.8. The SMILES string of the molecule is CCCn1nnnc1CN(C)C(C)c1cccc(O)c1. The Bertz CT molecular complexity index is 554. The van der Waals surface area contributed by atoms with Gasteiger partial charge in [0.15, 0.2) is 5.82 Å². The maximum Gasteiger partial charge on any atom is 0.165 e. The van der Waals surface area contributed by atoms with Crippen molar-refractivity contribution in [3.05, 3.63) is 35.7 Å². The molecule has 20 heavy (non-hydrogen) atoms. The van der Waals surface area contributed by atoms with E-state index in [0.717, 1.165) is 24.4 Å². The number of aromatic hydroxyl groups is 1. The molecule has 1 heterocycles. The van der Waals surface area contributed by atoms with E-state index < -0.39 is 0 Å². The van der Waals surface area contributed by atoms with Crippen LogP contribution in [0.3, 0.4) is 0 Å². The average molecular weight is 275 g/mol. The molecule has 0 radical (unpaired) electrons. The van der Waals surface area contributed by atoms with Crippen molar-refractivity contribution in [2.24, 2.45) is 0 Å². The smallest absolute Gasteiger partial charge is 0.165 e. The van der Waals surface area contributed by atoms with Gasteiger partial charge in [-0.3, -0.25) is 4.90 Å². The third-order valence-electron chi connectivity index (χ3n) is 3.45. The van der Waals surface area contributed by atoms with Gasteiger partial charge in [0.2, 0.25) is 0 Å². The van der Waals surface area contributed by atoms with Gasteiger partial charge in [0, 0.05) is 12.6 Å². The number of phenolic OH excluding ortho intramolecular Hbond substituents is 1. The maximum atomic E-state index is 9.56. The van der Waals surface area contributed by atoms with Crippen LogP contribution in [0.15, 0.2) is 24.3 Å². The van der Waals surface area contributed by atoms with Crippen LogP contribution in [0, 0.1) is 0 Å². The van der Waals surface area contributed by atoms with Gasteiger partial charge in [0.05, 0.1) is 6.54 Å². The van der Waals surface area contributed by atoms with Crippen molar-refractivity contribution in [2.75, 3.05) is 7.05 Å². The molecule has 1 aromatic heterocycles. The van der Waals surface area contributed by atoms with E-state index in [4.69, 9.17) is 0 Å². The Balaban J connectivity index is 2.07. The van der Waals surface area contributed by atoms with Gasteiger partial charge in [-0.05, 0) is 48.5 Å². The number of tetrazole rings is 1. The van der Waals surface area contributed by atoms with E-state index in [-0.39, 0.29) is 6.04 Å². The highest BCUT2D eigenvalue weighted by atomic mass is 16.3. The summed E-state index contributed by atoms with van der Waals surface area (Å²) in [5, 5.41) is 21.4. The first-order chi connectivity index (χ1) is 9.61. The lowest BCUT2D eigenvalue weighted by Crippen LogP contribution is -2.24. The van der Waals surface area contributed by atoms with Gasteiger partial charge in [0.25, 0.3) is 0 Å². The summed E-state index contributed by atoms with van der Waals surface area (Å²) in [7, 11) is 2.03. The summed E-state index contributed by atoms with van der Waals surface area (Å²) >= 11 is 0. The predicted molar refractivity (Wildman–Crippen MR) is 76.1 cm³/mol. The van der Waals surface area contributed by atoms with E-state index in [2.05, 4.69) is 34.3 Å². The van der Waals surface area contributed by atoms with Gasteiger partial charge in [-0.1, -0.05) is 19.1 Å². The number of aromatic nitrogens is 4. The van der Waals surface area contributed by atoms with Gasteiger partial charge in [0.1, 0.15) is 5.75 Å². The molecule has 108 valence electrons. The Kier molecular flexibility index (Phi) is 4.68. The fourth-order valence-corrected chi connectivity index (χ4v) is 2.12. The fourth-order valence-electron chi connectivity index (χ4n) is 2.12. The monoisotopic (exact) mass is 275 g/mol. The quantitative estimate of drug-likeness (QED) is 0.873. The number of hydrogen-bond acceptors (Lipinski definition) is 5. The summed E-state index contributed by atoms with van der Waals surface area (Å²) in [6, 6.07) is 7.51. The summed E-state index contributed by atoms with van der Waals surface area (Å²) in [5.41, 5.74) is 1.07. The number of aryl methyl sites for hydroxylation is 1. The van der Waals surface area contributed by atoms with Crippen molar-refractivity contribution in [1.82, 2.24) is 25.1 Å². The second-order valence-electron chi connectivity index (χ2n) is 5.00. The summed E-state index contributed by atoms with van der Waals surface area (Å²) in [6.45, 7) is 5.70. The molecule has 0 aliphatic heterocycles. The molecule has 0 aliphatic carbocycles. The number of rotatable bonds is 6. The maximum absolute atomic E-state index is 9.56. The lowest BCUT2D eigenvalue weighted by Gasteiger charge is -2.24.